The largest absolute Gasteiger partial charge is 0.379 e. The number of hydrogen-bond donors (Lipinski definition) is 0. The van der Waals surface area contributed by atoms with Crippen molar-refractivity contribution in [1.82, 2.24) is 0 Å². The molecule has 1 spiro atoms. The van der Waals surface area contributed by atoms with E-state index >= 15 is 0 Å². The van der Waals surface area contributed by atoms with Crippen molar-refractivity contribution in [2.24, 2.45) is 11.8 Å². The van der Waals surface area contributed by atoms with Gasteiger partial charge in [0.25, 0.3) is 0 Å². The number of hydrogen-bond acceptors (Lipinski definition) is 3. The Kier molecular flexibility index (Phi) is 8.09. The molecular formula is C19H36O3. The van der Waals surface area contributed by atoms with Crippen LogP contribution in [0.15, 0.2) is 11.6 Å². The molecule has 0 bridgehead atoms. The number of rotatable bonds is 6. The summed E-state index contributed by atoms with van der Waals surface area (Å²) in [5.74, 6) is 1.05. The smallest absolute Gasteiger partial charge is 0.0973 e. The first-order valence-electron chi connectivity index (χ1n) is 8.87. The molecule has 0 aromatic rings. The molecule has 0 N–H and O–H groups in total. The molecule has 1 saturated heterocycles. The molecule has 130 valence electrons. The lowest BCUT2D eigenvalue weighted by Gasteiger charge is -2.43. The van der Waals surface area contributed by atoms with Crippen molar-refractivity contribution >= 4 is 0 Å². The molecule has 1 heterocycles. The Labute approximate surface area is 137 Å². The fourth-order valence-corrected chi connectivity index (χ4v) is 3.88. The zero-order chi connectivity index (χ0) is 16.8. The van der Waals surface area contributed by atoms with Crippen molar-refractivity contribution in [3.05, 3.63) is 11.6 Å². The van der Waals surface area contributed by atoms with Gasteiger partial charge in [0.05, 0.1) is 24.4 Å². The lowest BCUT2D eigenvalue weighted by molar-refractivity contribution is -0.124. The van der Waals surface area contributed by atoms with Crippen molar-refractivity contribution < 1.29 is 14.2 Å². The fraction of sp³-hybridized carbons (Fsp3) is 0.895. The average molecular weight is 312 g/mol. The predicted molar refractivity (Wildman–Crippen MR) is 92.2 cm³/mol. The molecule has 3 unspecified atom stereocenters. The van der Waals surface area contributed by atoms with Crippen molar-refractivity contribution in [3.8, 4) is 0 Å². The van der Waals surface area contributed by atoms with Gasteiger partial charge in [-0.05, 0) is 45.4 Å². The number of allylic oxidation sites excluding steroid dienone is 2. The zero-order valence-corrected chi connectivity index (χ0v) is 15.6. The molecule has 0 aromatic heterocycles. The summed E-state index contributed by atoms with van der Waals surface area (Å²) in [6.07, 6.45) is 7.20. The maximum absolute atomic E-state index is 5.87. The van der Waals surface area contributed by atoms with Gasteiger partial charge in [0.2, 0.25) is 0 Å². The minimum Gasteiger partial charge on any atom is -0.379 e. The van der Waals surface area contributed by atoms with Gasteiger partial charge >= 0.3 is 0 Å². The first-order chi connectivity index (χ1) is 10.5. The molecule has 0 amide bonds. The summed E-state index contributed by atoms with van der Waals surface area (Å²) in [5, 5.41) is 0. The molecule has 2 rings (SSSR count). The summed E-state index contributed by atoms with van der Waals surface area (Å²) in [6.45, 7) is 11.6. The van der Waals surface area contributed by atoms with E-state index in [1.165, 1.54) is 12.0 Å². The molecule has 22 heavy (non-hydrogen) atoms. The lowest BCUT2D eigenvalue weighted by Crippen LogP contribution is -2.51. The SMILES string of the molecule is CC.COC1CC[C@]2(CO2)C([C@H](C)CCC=C(C)C)C1OC. The third kappa shape index (κ3) is 4.56. The second kappa shape index (κ2) is 9.05. The summed E-state index contributed by atoms with van der Waals surface area (Å²) in [7, 11) is 3.61. The monoisotopic (exact) mass is 312 g/mol. The van der Waals surface area contributed by atoms with Crippen LogP contribution in [0.25, 0.3) is 0 Å². The van der Waals surface area contributed by atoms with E-state index in [1.54, 1.807) is 7.11 Å². The maximum atomic E-state index is 5.87. The van der Waals surface area contributed by atoms with Gasteiger partial charge < -0.3 is 14.2 Å². The van der Waals surface area contributed by atoms with Crippen LogP contribution in [0, 0.1) is 11.8 Å². The molecule has 3 heteroatoms. The molecule has 0 radical (unpaired) electrons. The van der Waals surface area contributed by atoms with Crippen molar-refractivity contribution in [1.29, 1.82) is 0 Å². The van der Waals surface area contributed by atoms with Crippen molar-refractivity contribution in [3.63, 3.8) is 0 Å². The van der Waals surface area contributed by atoms with E-state index < -0.39 is 0 Å². The number of ether oxygens (including phenoxy) is 3. The molecule has 2 fully saturated rings. The van der Waals surface area contributed by atoms with Crippen LogP contribution >= 0.6 is 0 Å². The van der Waals surface area contributed by atoms with E-state index in [0.29, 0.717) is 11.8 Å². The quantitative estimate of drug-likeness (QED) is 0.530. The molecule has 1 aliphatic heterocycles. The van der Waals surface area contributed by atoms with Gasteiger partial charge in [-0.3, -0.25) is 0 Å². The van der Waals surface area contributed by atoms with Crippen LogP contribution in [0.4, 0.5) is 0 Å². The van der Waals surface area contributed by atoms with E-state index in [-0.39, 0.29) is 17.8 Å². The lowest BCUT2D eigenvalue weighted by atomic mass is 9.68. The molecule has 5 atom stereocenters. The normalized spacial score (nSPS) is 34.6. The number of methoxy groups -OCH3 is 2. The Bertz CT molecular complexity index is 343. The third-order valence-electron chi connectivity index (χ3n) is 5.06. The minimum atomic E-state index is 0.0834. The van der Waals surface area contributed by atoms with Gasteiger partial charge in [-0.1, -0.05) is 32.4 Å². The zero-order valence-electron chi connectivity index (χ0n) is 15.6. The summed E-state index contributed by atoms with van der Waals surface area (Å²) >= 11 is 0. The van der Waals surface area contributed by atoms with Crippen LogP contribution < -0.4 is 0 Å². The number of epoxide rings is 1. The van der Waals surface area contributed by atoms with Crippen LogP contribution in [0.2, 0.25) is 0 Å². The molecule has 3 nitrogen and oxygen atoms in total. The first kappa shape index (κ1) is 19.7. The predicted octanol–water partition coefficient (Wildman–Crippen LogP) is 4.60. The van der Waals surface area contributed by atoms with Crippen LogP contribution in [0.3, 0.4) is 0 Å². The van der Waals surface area contributed by atoms with Gasteiger partial charge in [0.15, 0.2) is 0 Å². The maximum Gasteiger partial charge on any atom is 0.0973 e. The summed E-state index contributed by atoms with van der Waals surface area (Å²) in [4.78, 5) is 0. The highest BCUT2D eigenvalue weighted by Gasteiger charge is 2.59. The van der Waals surface area contributed by atoms with Crippen molar-refractivity contribution in [2.75, 3.05) is 20.8 Å². The van der Waals surface area contributed by atoms with E-state index in [9.17, 15) is 0 Å². The van der Waals surface area contributed by atoms with Gasteiger partial charge in [0.1, 0.15) is 0 Å². The third-order valence-corrected chi connectivity index (χ3v) is 5.06. The molecule has 1 aliphatic carbocycles. The van der Waals surface area contributed by atoms with E-state index in [1.807, 2.05) is 21.0 Å². The highest BCUT2D eigenvalue weighted by molar-refractivity contribution is 5.08. The minimum absolute atomic E-state index is 0.0834. The fourth-order valence-electron chi connectivity index (χ4n) is 3.88. The van der Waals surface area contributed by atoms with Gasteiger partial charge in [-0.15, -0.1) is 0 Å². The topological polar surface area (TPSA) is 31.0 Å². The molecule has 1 saturated carbocycles. The van der Waals surface area contributed by atoms with Crippen LogP contribution in [-0.2, 0) is 14.2 Å². The Hall–Kier alpha value is -0.380. The highest BCUT2D eigenvalue weighted by Crippen LogP contribution is 2.51. The standard InChI is InChI=1S/C17H30O3.C2H6/c1-12(2)7-6-8-13(3)15-16(19-5)14(18-4)9-10-17(15)11-20-17;1-2/h7,13-16H,6,8-11H2,1-5H3;1-2H3/t13-,14?,15?,16?,17+;/m1./s1. The Morgan fingerprint density at radius 3 is 2.36 bits per heavy atom. The van der Waals surface area contributed by atoms with Crippen LogP contribution in [0.5, 0.6) is 0 Å². The molecular weight excluding hydrogens is 276 g/mol. The average Bonchev–Trinajstić information content (AvgIpc) is 3.28. The van der Waals surface area contributed by atoms with E-state index in [2.05, 4.69) is 26.8 Å². The summed E-state index contributed by atoms with van der Waals surface area (Å²) < 4.78 is 17.3. The van der Waals surface area contributed by atoms with Gasteiger partial charge in [-0.25, -0.2) is 0 Å². The van der Waals surface area contributed by atoms with Crippen molar-refractivity contribution in [2.45, 2.75) is 78.1 Å². The summed E-state index contributed by atoms with van der Waals surface area (Å²) in [6, 6.07) is 0. The Morgan fingerprint density at radius 1 is 1.27 bits per heavy atom. The van der Waals surface area contributed by atoms with E-state index in [0.717, 1.165) is 25.9 Å². The first-order valence-corrected chi connectivity index (χ1v) is 8.87. The second-order valence-corrected chi connectivity index (χ2v) is 6.73. The van der Waals surface area contributed by atoms with E-state index in [4.69, 9.17) is 14.2 Å². The summed E-state index contributed by atoms with van der Waals surface area (Å²) in [5.41, 5.74) is 1.48. The van der Waals surface area contributed by atoms with Crippen LogP contribution in [-0.4, -0.2) is 38.6 Å². The van der Waals surface area contributed by atoms with Gasteiger partial charge in [0, 0.05) is 20.1 Å². The molecule has 2 aliphatic rings. The highest BCUT2D eigenvalue weighted by atomic mass is 16.6. The Balaban J connectivity index is 0.00000116. The van der Waals surface area contributed by atoms with Gasteiger partial charge in [-0.2, -0.15) is 0 Å². The Morgan fingerprint density at radius 2 is 1.91 bits per heavy atom. The van der Waals surface area contributed by atoms with Crippen LogP contribution in [0.1, 0.15) is 60.3 Å². The molecule has 0 aromatic carbocycles. The second-order valence-electron chi connectivity index (χ2n) is 6.73.